The molecule has 0 amide bonds. The summed E-state index contributed by atoms with van der Waals surface area (Å²) in [7, 11) is 0. The van der Waals surface area contributed by atoms with Crippen molar-refractivity contribution in [2.45, 2.75) is 6.92 Å². The van der Waals surface area contributed by atoms with Crippen LogP contribution in [0.15, 0.2) is 17.8 Å². The fourth-order valence-electron chi connectivity index (χ4n) is 1.06. The van der Waals surface area contributed by atoms with Gasteiger partial charge in [0.15, 0.2) is 16.5 Å². The normalized spacial score (nSPS) is 10.2. The number of imidazole rings is 1. The maximum absolute atomic E-state index is 11.3. The first kappa shape index (κ1) is 9.85. The van der Waals surface area contributed by atoms with E-state index in [-0.39, 0.29) is 0 Å². The maximum Gasteiger partial charge on any atom is 0.357 e. The number of esters is 1. The Labute approximate surface area is 90.1 Å². The van der Waals surface area contributed by atoms with Crippen LogP contribution in [0.3, 0.4) is 0 Å². The Bertz CT molecular complexity index is 450. The van der Waals surface area contributed by atoms with Gasteiger partial charge in [-0.05, 0) is 6.92 Å². The molecule has 6 heteroatoms. The molecule has 0 unspecified atom stereocenters. The van der Waals surface area contributed by atoms with Gasteiger partial charge >= 0.3 is 5.97 Å². The first-order chi connectivity index (χ1) is 7.31. The molecule has 0 saturated heterocycles. The van der Waals surface area contributed by atoms with Crippen molar-refractivity contribution in [3.05, 3.63) is 23.5 Å². The zero-order valence-electron chi connectivity index (χ0n) is 8.06. The zero-order chi connectivity index (χ0) is 10.7. The first-order valence-corrected chi connectivity index (χ1v) is 5.31. The maximum atomic E-state index is 11.3. The summed E-state index contributed by atoms with van der Waals surface area (Å²) in [6.45, 7) is 2.12. The zero-order valence-corrected chi connectivity index (χ0v) is 8.87. The Morgan fingerprint density at radius 2 is 2.53 bits per heavy atom. The number of nitrogens with one attached hydrogen (secondary N) is 1. The molecule has 2 aromatic heterocycles. The average molecular weight is 223 g/mol. The molecule has 0 saturated carbocycles. The van der Waals surface area contributed by atoms with Gasteiger partial charge in [-0.2, -0.15) is 0 Å². The topological polar surface area (TPSA) is 67.9 Å². The quantitative estimate of drug-likeness (QED) is 0.804. The molecule has 15 heavy (non-hydrogen) atoms. The van der Waals surface area contributed by atoms with Crippen LogP contribution < -0.4 is 0 Å². The number of H-pyrrole nitrogens is 1. The van der Waals surface area contributed by atoms with Crippen LogP contribution in [0, 0.1) is 0 Å². The van der Waals surface area contributed by atoms with E-state index in [9.17, 15) is 4.79 Å². The SMILES string of the molecule is CCOC(=O)c1csc(-c2ncc[nH]2)n1. The summed E-state index contributed by atoms with van der Waals surface area (Å²) < 4.78 is 4.83. The van der Waals surface area contributed by atoms with Crippen LogP contribution in [0.25, 0.3) is 10.8 Å². The van der Waals surface area contributed by atoms with Crippen LogP contribution in [-0.4, -0.2) is 27.5 Å². The molecule has 2 rings (SSSR count). The van der Waals surface area contributed by atoms with Gasteiger partial charge < -0.3 is 9.72 Å². The minimum atomic E-state index is -0.397. The molecule has 5 nitrogen and oxygen atoms in total. The standard InChI is InChI=1S/C9H9N3O2S/c1-2-14-9(13)6-5-15-8(12-6)7-10-3-4-11-7/h3-5H,2H2,1H3,(H,10,11). The van der Waals surface area contributed by atoms with Crippen LogP contribution in [0.2, 0.25) is 0 Å². The molecule has 0 aromatic carbocycles. The van der Waals surface area contributed by atoms with Gasteiger partial charge in [-0.1, -0.05) is 0 Å². The van der Waals surface area contributed by atoms with E-state index in [4.69, 9.17) is 4.74 Å². The van der Waals surface area contributed by atoms with Crippen molar-refractivity contribution in [3.8, 4) is 10.8 Å². The third-order valence-corrected chi connectivity index (χ3v) is 2.54. The molecule has 0 fully saturated rings. The number of aromatic amines is 1. The van der Waals surface area contributed by atoms with E-state index in [1.54, 1.807) is 24.7 Å². The second-order valence-electron chi connectivity index (χ2n) is 2.70. The fraction of sp³-hybridized carbons (Fsp3) is 0.222. The van der Waals surface area contributed by atoms with Gasteiger partial charge in [-0.25, -0.2) is 14.8 Å². The Morgan fingerprint density at radius 1 is 1.67 bits per heavy atom. The molecule has 1 N–H and O–H groups in total. The van der Waals surface area contributed by atoms with Gasteiger partial charge in [-0.3, -0.25) is 0 Å². The number of aromatic nitrogens is 3. The highest BCUT2D eigenvalue weighted by molar-refractivity contribution is 7.13. The molecule has 0 aliphatic rings. The van der Waals surface area contributed by atoms with Crippen molar-refractivity contribution in [2.75, 3.05) is 6.61 Å². The summed E-state index contributed by atoms with van der Waals surface area (Å²) >= 11 is 1.36. The molecular formula is C9H9N3O2S. The molecule has 0 bridgehead atoms. The van der Waals surface area contributed by atoms with E-state index in [2.05, 4.69) is 15.0 Å². The second-order valence-corrected chi connectivity index (χ2v) is 3.55. The molecule has 2 heterocycles. The van der Waals surface area contributed by atoms with Crippen molar-refractivity contribution in [1.29, 1.82) is 0 Å². The van der Waals surface area contributed by atoms with Crippen LogP contribution in [-0.2, 0) is 4.74 Å². The lowest BCUT2D eigenvalue weighted by Gasteiger charge is -1.95. The number of ether oxygens (including phenoxy) is 1. The molecule has 0 spiro atoms. The third kappa shape index (κ3) is 2.04. The smallest absolute Gasteiger partial charge is 0.357 e. The van der Waals surface area contributed by atoms with E-state index < -0.39 is 5.97 Å². The summed E-state index contributed by atoms with van der Waals surface area (Å²) in [4.78, 5) is 22.4. The number of nitrogens with zero attached hydrogens (tertiary/aromatic N) is 2. The van der Waals surface area contributed by atoms with E-state index >= 15 is 0 Å². The molecule has 0 aliphatic heterocycles. The highest BCUT2D eigenvalue weighted by Crippen LogP contribution is 2.20. The largest absolute Gasteiger partial charge is 0.461 e. The molecule has 0 atom stereocenters. The number of carbonyl (C=O) groups is 1. The van der Waals surface area contributed by atoms with E-state index in [0.29, 0.717) is 23.1 Å². The summed E-state index contributed by atoms with van der Waals surface area (Å²) in [6, 6.07) is 0. The number of carbonyl (C=O) groups excluding carboxylic acids is 1. The Morgan fingerprint density at radius 3 is 3.20 bits per heavy atom. The number of hydrogen-bond acceptors (Lipinski definition) is 5. The lowest BCUT2D eigenvalue weighted by molar-refractivity contribution is 0.0520. The first-order valence-electron chi connectivity index (χ1n) is 4.43. The van der Waals surface area contributed by atoms with Crippen LogP contribution >= 0.6 is 11.3 Å². The lowest BCUT2D eigenvalue weighted by Crippen LogP contribution is -2.04. The van der Waals surface area contributed by atoms with Crippen LogP contribution in [0.4, 0.5) is 0 Å². The van der Waals surface area contributed by atoms with Crippen LogP contribution in [0.1, 0.15) is 17.4 Å². The Hall–Kier alpha value is -1.69. The van der Waals surface area contributed by atoms with Crippen molar-refractivity contribution in [2.24, 2.45) is 0 Å². The minimum Gasteiger partial charge on any atom is -0.461 e. The summed E-state index contributed by atoms with van der Waals surface area (Å²) in [5.74, 6) is 0.266. The summed E-state index contributed by atoms with van der Waals surface area (Å²) in [5, 5.41) is 2.35. The molecule has 2 aromatic rings. The van der Waals surface area contributed by atoms with E-state index in [1.807, 2.05) is 0 Å². The van der Waals surface area contributed by atoms with Gasteiger partial charge in [0.1, 0.15) is 0 Å². The second kappa shape index (κ2) is 4.22. The number of hydrogen-bond donors (Lipinski definition) is 1. The monoisotopic (exact) mass is 223 g/mol. The number of rotatable bonds is 3. The van der Waals surface area contributed by atoms with E-state index in [1.165, 1.54) is 11.3 Å². The summed E-state index contributed by atoms with van der Waals surface area (Å²) in [5.41, 5.74) is 0.327. The highest BCUT2D eigenvalue weighted by Gasteiger charge is 2.13. The van der Waals surface area contributed by atoms with E-state index in [0.717, 1.165) is 0 Å². The Kier molecular flexibility index (Phi) is 2.77. The predicted octanol–water partition coefficient (Wildman–Crippen LogP) is 1.71. The van der Waals surface area contributed by atoms with Gasteiger partial charge in [0.25, 0.3) is 0 Å². The predicted molar refractivity (Wildman–Crippen MR) is 55.7 cm³/mol. The Balaban J connectivity index is 2.21. The molecular weight excluding hydrogens is 214 g/mol. The van der Waals surface area contributed by atoms with Crippen molar-refractivity contribution in [1.82, 2.24) is 15.0 Å². The molecule has 78 valence electrons. The van der Waals surface area contributed by atoms with Crippen molar-refractivity contribution in [3.63, 3.8) is 0 Å². The fourth-order valence-corrected chi connectivity index (χ4v) is 1.81. The minimum absolute atomic E-state index is 0.327. The third-order valence-electron chi connectivity index (χ3n) is 1.69. The summed E-state index contributed by atoms with van der Waals surface area (Å²) in [6.07, 6.45) is 3.35. The van der Waals surface area contributed by atoms with Crippen molar-refractivity contribution >= 4 is 17.3 Å². The average Bonchev–Trinajstić information content (AvgIpc) is 2.89. The van der Waals surface area contributed by atoms with Crippen LogP contribution in [0.5, 0.6) is 0 Å². The van der Waals surface area contributed by atoms with Gasteiger partial charge in [-0.15, -0.1) is 11.3 Å². The van der Waals surface area contributed by atoms with Gasteiger partial charge in [0, 0.05) is 17.8 Å². The molecule has 0 radical (unpaired) electrons. The van der Waals surface area contributed by atoms with Gasteiger partial charge in [0.05, 0.1) is 6.61 Å². The highest BCUT2D eigenvalue weighted by atomic mass is 32.1. The van der Waals surface area contributed by atoms with Gasteiger partial charge in [0.2, 0.25) is 0 Å². The number of thiazole rings is 1. The molecule has 0 aliphatic carbocycles. The lowest BCUT2D eigenvalue weighted by atomic mass is 10.5. The van der Waals surface area contributed by atoms with Crippen molar-refractivity contribution < 1.29 is 9.53 Å².